The fraction of sp³-hybridized carbons (Fsp3) is 0.714. The molecule has 1 aromatic heterocycles. The molecule has 2 fully saturated rings. The van der Waals surface area contributed by atoms with Gasteiger partial charge >= 0.3 is 0 Å². The van der Waals surface area contributed by atoms with E-state index < -0.39 is 0 Å². The lowest BCUT2D eigenvalue weighted by molar-refractivity contribution is -0.118. The van der Waals surface area contributed by atoms with Crippen LogP contribution in [0.5, 0.6) is 0 Å². The quantitative estimate of drug-likeness (QED) is 0.830. The average molecular weight is 290 g/mol. The van der Waals surface area contributed by atoms with Gasteiger partial charge in [0.1, 0.15) is 0 Å². The van der Waals surface area contributed by atoms with Gasteiger partial charge in [-0.05, 0) is 12.8 Å². The molecular weight excluding hydrogens is 268 g/mol. The van der Waals surface area contributed by atoms with Gasteiger partial charge in [-0.25, -0.2) is 0 Å². The summed E-state index contributed by atoms with van der Waals surface area (Å²) in [7, 11) is 0. The molecule has 0 spiro atoms. The zero-order valence-electron chi connectivity index (χ0n) is 12.2. The largest absolute Gasteiger partial charge is 0.352 e. The van der Waals surface area contributed by atoms with Crippen LogP contribution in [0.2, 0.25) is 0 Å². The lowest BCUT2D eigenvalue weighted by atomic mass is 9.96. The van der Waals surface area contributed by atoms with E-state index in [-0.39, 0.29) is 0 Å². The predicted octanol–water partition coefficient (Wildman–Crippen LogP) is 0.895. The first-order valence-electron chi connectivity index (χ1n) is 7.76. The molecule has 0 bridgehead atoms. The SMILES string of the molecule is O=CN1CCN(c2cnnc(NC3CCCCC3)n2)CC1. The maximum absolute atomic E-state index is 10.7. The van der Waals surface area contributed by atoms with E-state index in [2.05, 4.69) is 25.4 Å². The molecule has 7 heteroatoms. The fourth-order valence-corrected chi connectivity index (χ4v) is 2.99. The molecule has 1 aliphatic carbocycles. The monoisotopic (exact) mass is 290 g/mol. The van der Waals surface area contributed by atoms with E-state index >= 15 is 0 Å². The molecule has 114 valence electrons. The molecule has 1 amide bonds. The number of aromatic nitrogens is 3. The van der Waals surface area contributed by atoms with Crippen molar-refractivity contribution in [2.75, 3.05) is 36.4 Å². The number of nitrogens with zero attached hydrogens (tertiary/aromatic N) is 5. The van der Waals surface area contributed by atoms with Crippen molar-refractivity contribution in [3.63, 3.8) is 0 Å². The van der Waals surface area contributed by atoms with Gasteiger partial charge < -0.3 is 15.1 Å². The molecule has 2 aliphatic rings. The number of piperazine rings is 1. The smallest absolute Gasteiger partial charge is 0.244 e. The van der Waals surface area contributed by atoms with E-state index in [0.29, 0.717) is 12.0 Å². The van der Waals surface area contributed by atoms with Gasteiger partial charge in [0.2, 0.25) is 12.4 Å². The molecule has 7 nitrogen and oxygen atoms in total. The van der Waals surface area contributed by atoms with Gasteiger partial charge in [0, 0.05) is 32.2 Å². The van der Waals surface area contributed by atoms with Crippen LogP contribution in [-0.4, -0.2) is 58.7 Å². The second-order valence-corrected chi connectivity index (χ2v) is 5.75. The van der Waals surface area contributed by atoms with Crippen molar-refractivity contribution in [2.45, 2.75) is 38.1 Å². The van der Waals surface area contributed by atoms with Crippen LogP contribution in [0, 0.1) is 0 Å². The molecule has 2 heterocycles. The molecule has 0 aromatic carbocycles. The number of hydrogen-bond donors (Lipinski definition) is 1. The first kappa shape index (κ1) is 14.0. The Bertz CT molecular complexity index is 468. The van der Waals surface area contributed by atoms with E-state index in [0.717, 1.165) is 38.4 Å². The topological polar surface area (TPSA) is 74.2 Å². The molecule has 1 aliphatic heterocycles. The Morgan fingerprint density at radius 1 is 1.14 bits per heavy atom. The number of rotatable bonds is 4. The number of nitrogens with one attached hydrogen (secondary N) is 1. The van der Waals surface area contributed by atoms with Gasteiger partial charge in [-0.3, -0.25) is 4.79 Å². The predicted molar refractivity (Wildman–Crippen MR) is 80.2 cm³/mol. The van der Waals surface area contributed by atoms with E-state index in [1.807, 2.05) is 0 Å². The minimum absolute atomic E-state index is 0.475. The van der Waals surface area contributed by atoms with Crippen molar-refractivity contribution < 1.29 is 4.79 Å². The summed E-state index contributed by atoms with van der Waals surface area (Å²) in [6, 6.07) is 0.475. The number of carbonyl (C=O) groups excluding carboxylic acids is 1. The number of anilines is 2. The highest BCUT2D eigenvalue weighted by atomic mass is 16.1. The molecule has 0 radical (unpaired) electrons. The minimum atomic E-state index is 0.475. The zero-order chi connectivity index (χ0) is 14.5. The van der Waals surface area contributed by atoms with Gasteiger partial charge in [0.15, 0.2) is 5.82 Å². The Morgan fingerprint density at radius 3 is 2.62 bits per heavy atom. The molecule has 0 unspecified atom stereocenters. The Balaban J connectivity index is 1.61. The van der Waals surface area contributed by atoms with E-state index in [1.54, 1.807) is 11.1 Å². The second-order valence-electron chi connectivity index (χ2n) is 5.75. The van der Waals surface area contributed by atoms with Crippen molar-refractivity contribution in [3.05, 3.63) is 6.20 Å². The van der Waals surface area contributed by atoms with Crippen molar-refractivity contribution in [2.24, 2.45) is 0 Å². The summed E-state index contributed by atoms with van der Waals surface area (Å²) in [5.41, 5.74) is 0. The third kappa shape index (κ3) is 3.59. The summed E-state index contributed by atoms with van der Waals surface area (Å²) >= 11 is 0. The molecule has 1 aromatic rings. The van der Waals surface area contributed by atoms with Gasteiger partial charge in [-0.2, -0.15) is 10.1 Å². The number of hydrogen-bond acceptors (Lipinski definition) is 6. The summed E-state index contributed by atoms with van der Waals surface area (Å²) < 4.78 is 0. The molecular formula is C14H22N6O. The van der Waals surface area contributed by atoms with Crippen molar-refractivity contribution in [1.29, 1.82) is 0 Å². The van der Waals surface area contributed by atoms with Crippen LogP contribution in [-0.2, 0) is 4.79 Å². The van der Waals surface area contributed by atoms with Crippen molar-refractivity contribution in [1.82, 2.24) is 20.1 Å². The summed E-state index contributed by atoms with van der Waals surface area (Å²) in [6.07, 6.45) is 8.86. The summed E-state index contributed by atoms with van der Waals surface area (Å²) in [4.78, 5) is 19.3. The lowest BCUT2D eigenvalue weighted by Crippen LogP contribution is -2.46. The molecule has 1 saturated carbocycles. The van der Waals surface area contributed by atoms with Crippen LogP contribution in [0.3, 0.4) is 0 Å². The third-order valence-electron chi connectivity index (χ3n) is 4.27. The maximum atomic E-state index is 10.7. The van der Waals surface area contributed by atoms with Crippen LogP contribution in [0.1, 0.15) is 32.1 Å². The van der Waals surface area contributed by atoms with Crippen LogP contribution in [0.4, 0.5) is 11.8 Å². The molecule has 21 heavy (non-hydrogen) atoms. The average Bonchev–Trinajstić information content (AvgIpc) is 2.56. The second kappa shape index (κ2) is 6.69. The third-order valence-corrected chi connectivity index (χ3v) is 4.27. The van der Waals surface area contributed by atoms with Crippen LogP contribution in [0.25, 0.3) is 0 Å². The van der Waals surface area contributed by atoms with Gasteiger partial charge in [-0.15, -0.1) is 5.10 Å². The van der Waals surface area contributed by atoms with Crippen LogP contribution in [0.15, 0.2) is 6.20 Å². The van der Waals surface area contributed by atoms with E-state index in [4.69, 9.17) is 0 Å². The van der Waals surface area contributed by atoms with Gasteiger partial charge in [0.25, 0.3) is 0 Å². The Kier molecular flexibility index (Phi) is 4.47. The minimum Gasteiger partial charge on any atom is -0.352 e. The lowest BCUT2D eigenvalue weighted by Gasteiger charge is -2.33. The van der Waals surface area contributed by atoms with Crippen molar-refractivity contribution >= 4 is 18.2 Å². The van der Waals surface area contributed by atoms with E-state index in [1.165, 1.54) is 32.1 Å². The Labute approximate surface area is 124 Å². The summed E-state index contributed by atoms with van der Waals surface area (Å²) in [6.45, 7) is 3.05. The van der Waals surface area contributed by atoms with Crippen LogP contribution >= 0.6 is 0 Å². The van der Waals surface area contributed by atoms with Crippen LogP contribution < -0.4 is 10.2 Å². The number of amides is 1. The highest BCUT2D eigenvalue weighted by molar-refractivity contribution is 5.49. The van der Waals surface area contributed by atoms with Gasteiger partial charge in [-0.1, -0.05) is 19.3 Å². The summed E-state index contributed by atoms with van der Waals surface area (Å²) in [5, 5.41) is 11.6. The summed E-state index contributed by atoms with van der Waals surface area (Å²) in [5.74, 6) is 1.46. The molecule has 0 atom stereocenters. The molecule has 1 N–H and O–H groups in total. The van der Waals surface area contributed by atoms with Gasteiger partial charge in [0.05, 0.1) is 6.20 Å². The fourth-order valence-electron chi connectivity index (χ4n) is 2.99. The normalized spacial score (nSPS) is 20.4. The highest BCUT2D eigenvalue weighted by Gasteiger charge is 2.19. The first-order chi connectivity index (χ1) is 10.3. The first-order valence-corrected chi connectivity index (χ1v) is 7.76. The Morgan fingerprint density at radius 2 is 1.90 bits per heavy atom. The zero-order valence-corrected chi connectivity index (χ0v) is 12.2. The highest BCUT2D eigenvalue weighted by Crippen LogP contribution is 2.21. The van der Waals surface area contributed by atoms with E-state index in [9.17, 15) is 4.79 Å². The van der Waals surface area contributed by atoms with Crippen molar-refractivity contribution in [3.8, 4) is 0 Å². The Hall–Kier alpha value is -1.92. The standard InChI is InChI=1S/C14H22N6O/c21-11-19-6-8-20(9-7-19)13-10-15-18-14(17-13)16-12-4-2-1-3-5-12/h10-12H,1-9H2,(H,16,17,18). The maximum Gasteiger partial charge on any atom is 0.244 e. The number of carbonyl (C=O) groups is 1. The molecule has 3 rings (SSSR count). The molecule has 1 saturated heterocycles.